The highest BCUT2D eigenvalue weighted by Gasteiger charge is 2.03. The van der Waals surface area contributed by atoms with Crippen molar-refractivity contribution in [1.29, 1.82) is 0 Å². The van der Waals surface area contributed by atoms with Gasteiger partial charge in [0.15, 0.2) is 0 Å². The molecule has 0 bridgehead atoms. The van der Waals surface area contributed by atoms with E-state index in [1.165, 1.54) is 27.8 Å². The molecule has 4 aromatic carbocycles. The molecule has 4 rings (SSSR count). The predicted octanol–water partition coefficient (Wildman–Crippen LogP) is 7.36. The summed E-state index contributed by atoms with van der Waals surface area (Å²) in [6.45, 7) is 8.14. The smallest absolute Gasteiger partial charge is 0.335 e. The van der Waals surface area contributed by atoms with Crippen LogP contribution in [-0.2, 0) is 12.8 Å². The summed E-state index contributed by atoms with van der Waals surface area (Å²) in [7, 11) is 0. The van der Waals surface area contributed by atoms with Gasteiger partial charge >= 0.3 is 5.97 Å². The Balaban J connectivity index is 0.000000195. The van der Waals surface area contributed by atoms with Gasteiger partial charge in [-0.05, 0) is 81.0 Å². The van der Waals surface area contributed by atoms with Crippen LogP contribution in [0, 0.1) is 27.7 Å². The van der Waals surface area contributed by atoms with Crippen molar-refractivity contribution in [3.05, 3.63) is 136 Å². The molecule has 0 radical (unpaired) electrons. The molecule has 3 heteroatoms. The number of benzene rings is 4. The lowest BCUT2D eigenvalue weighted by Gasteiger charge is -2.05. The number of rotatable bonds is 4. The number of carboxylic acids is 1. The minimum Gasteiger partial charge on any atom is -0.478 e. The Labute approximate surface area is 203 Å². The molecule has 4 aromatic rings. The van der Waals surface area contributed by atoms with Gasteiger partial charge in [0.2, 0.25) is 0 Å². The zero-order chi connectivity index (χ0) is 24.9. The molecule has 0 saturated heterocycles. The summed E-state index contributed by atoms with van der Waals surface area (Å²) in [5, 5.41) is 8.57. The number of aryl methyl sites for hydroxylation is 6. The van der Waals surface area contributed by atoms with Crippen molar-refractivity contribution < 1.29 is 9.90 Å². The van der Waals surface area contributed by atoms with E-state index in [0.29, 0.717) is 5.56 Å². The quantitative estimate of drug-likeness (QED) is 0.317. The van der Waals surface area contributed by atoms with Gasteiger partial charge in [0, 0.05) is 5.69 Å². The van der Waals surface area contributed by atoms with Crippen LogP contribution in [0.2, 0.25) is 0 Å². The van der Waals surface area contributed by atoms with Gasteiger partial charge in [-0.15, -0.1) is 0 Å². The SMILES string of the molecule is Cc1ccc(CCc2ccccc2C)cc1.Cc1ccc(N)cc1.Cc1ccccc1C(=O)O. The molecule has 34 heavy (non-hydrogen) atoms. The van der Waals surface area contributed by atoms with Crippen LogP contribution in [0.1, 0.15) is 43.7 Å². The first-order chi connectivity index (χ1) is 16.3. The van der Waals surface area contributed by atoms with Gasteiger partial charge in [0.25, 0.3) is 0 Å². The fourth-order valence-electron chi connectivity index (χ4n) is 3.30. The number of anilines is 1. The maximum absolute atomic E-state index is 10.4. The molecule has 0 atom stereocenters. The summed E-state index contributed by atoms with van der Waals surface area (Å²) in [6.07, 6.45) is 2.26. The third kappa shape index (κ3) is 9.33. The summed E-state index contributed by atoms with van der Waals surface area (Å²) in [6, 6.07) is 32.2. The number of aromatic carboxylic acids is 1. The molecule has 0 fully saturated rings. The number of nitrogen functional groups attached to an aromatic ring is 1. The van der Waals surface area contributed by atoms with Crippen LogP contribution >= 0.6 is 0 Å². The number of hydrogen-bond acceptors (Lipinski definition) is 2. The molecule has 0 spiro atoms. The van der Waals surface area contributed by atoms with E-state index in [-0.39, 0.29) is 0 Å². The third-order valence-corrected chi connectivity index (χ3v) is 5.52. The van der Waals surface area contributed by atoms with E-state index in [0.717, 1.165) is 24.1 Å². The molecule has 3 N–H and O–H groups in total. The van der Waals surface area contributed by atoms with Gasteiger partial charge < -0.3 is 10.8 Å². The van der Waals surface area contributed by atoms with E-state index in [1.807, 2.05) is 37.3 Å². The maximum atomic E-state index is 10.4. The van der Waals surface area contributed by atoms with Crippen molar-refractivity contribution in [2.24, 2.45) is 0 Å². The lowest BCUT2D eigenvalue weighted by atomic mass is 10.0. The molecular weight excluding hydrogens is 418 g/mol. The van der Waals surface area contributed by atoms with Gasteiger partial charge in [-0.3, -0.25) is 0 Å². The van der Waals surface area contributed by atoms with Crippen LogP contribution in [0.4, 0.5) is 5.69 Å². The molecule has 0 aliphatic carbocycles. The first-order valence-corrected chi connectivity index (χ1v) is 11.5. The highest BCUT2D eigenvalue weighted by molar-refractivity contribution is 5.89. The van der Waals surface area contributed by atoms with Crippen molar-refractivity contribution in [1.82, 2.24) is 0 Å². The third-order valence-electron chi connectivity index (χ3n) is 5.52. The molecular formula is C31H35NO2. The maximum Gasteiger partial charge on any atom is 0.335 e. The molecule has 0 saturated carbocycles. The minimum atomic E-state index is -0.863. The number of carboxylic acid groups (broad SMARTS) is 1. The standard InChI is InChI=1S/C16H18.C8H8O2.C7H9N/c1-13-7-9-15(10-8-13)11-12-16-6-4-3-5-14(16)2;1-6-4-2-3-5-7(6)8(9)10;1-6-2-4-7(8)5-3-6/h3-10H,11-12H2,1-2H3;2-5H,1H3,(H,9,10);2-5H,8H2,1H3. The lowest BCUT2D eigenvalue weighted by Crippen LogP contribution is -1.97. The second kappa shape index (κ2) is 13.6. The number of nitrogens with two attached hydrogens (primary N) is 1. The molecule has 0 unspecified atom stereocenters. The average Bonchev–Trinajstić information content (AvgIpc) is 2.82. The molecule has 0 heterocycles. The van der Waals surface area contributed by atoms with Crippen LogP contribution < -0.4 is 5.73 Å². The molecule has 0 amide bonds. The van der Waals surface area contributed by atoms with Crippen molar-refractivity contribution in [3.8, 4) is 0 Å². The normalized spacial score (nSPS) is 9.76. The largest absolute Gasteiger partial charge is 0.478 e. The first kappa shape index (κ1) is 26.4. The van der Waals surface area contributed by atoms with Gasteiger partial charge in [0.1, 0.15) is 0 Å². The number of carbonyl (C=O) groups is 1. The second-order valence-corrected chi connectivity index (χ2v) is 8.44. The highest BCUT2D eigenvalue weighted by Crippen LogP contribution is 2.12. The molecule has 0 aliphatic heterocycles. The fraction of sp³-hybridized carbons (Fsp3) is 0.194. The first-order valence-electron chi connectivity index (χ1n) is 11.5. The van der Waals surface area contributed by atoms with E-state index in [2.05, 4.69) is 62.4 Å². The summed E-state index contributed by atoms with van der Waals surface area (Å²) < 4.78 is 0. The van der Waals surface area contributed by atoms with Crippen LogP contribution in [-0.4, -0.2) is 11.1 Å². The number of hydrogen-bond donors (Lipinski definition) is 2. The minimum absolute atomic E-state index is 0.377. The topological polar surface area (TPSA) is 63.3 Å². The zero-order valence-corrected chi connectivity index (χ0v) is 20.6. The fourth-order valence-corrected chi connectivity index (χ4v) is 3.30. The zero-order valence-electron chi connectivity index (χ0n) is 20.6. The van der Waals surface area contributed by atoms with Crippen molar-refractivity contribution in [2.45, 2.75) is 40.5 Å². The monoisotopic (exact) mass is 453 g/mol. The Hall–Kier alpha value is -3.85. The summed E-state index contributed by atoms with van der Waals surface area (Å²) in [4.78, 5) is 10.4. The average molecular weight is 454 g/mol. The van der Waals surface area contributed by atoms with Crippen LogP contribution in [0.25, 0.3) is 0 Å². The Morgan fingerprint density at radius 2 is 1.15 bits per heavy atom. The van der Waals surface area contributed by atoms with E-state index < -0.39 is 5.97 Å². The van der Waals surface area contributed by atoms with Crippen LogP contribution in [0.5, 0.6) is 0 Å². The molecule has 3 nitrogen and oxygen atoms in total. The Morgan fingerprint density at radius 1 is 0.647 bits per heavy atom. The van der Waals surface area contributed by atoms with Crippen LogP contribution in [0.3, 0.4) is 0 Å². The second-order valence-electron chi connectivity index (χ2n) is 8.44. The Kier molecular flexibility index (Phi) is 10.6. The molecule has 176 valence electrons. The van der Waals surface area contributed by atoms with Crippen LogP contribution in [0.15, 0.2) is 97.1 Å². The summed E-state index contributed by atoms with van der Waals surface area (Å²) in [5.41, 5.74) is 14.3. The van der Waals surface area contributed by atoms with Gasteiger partial charge in [-0.1, -0.05) is 90.0 Å². The van der Waals surface area contributed by atoms with E-state index in [9.17, 15) is 4.79 Å². The molecule has 0 aliphatic rings. The van der Waals surface area contributed by atoms with Crippen molar-refractivity contribution in [2.75, 3.05) is 5.73 Å². The Morgan fingerprint density at radius 3 is 1.62 bits per heavy atom. The highest BCUT2D eigenvalue weighted by atomic mass is 16.4. The van der Waals surface area contributed by atoms with E-state index in [1.54, 1.807) is 25.1 Å². The summed E-state index contributed by atoms with van der Waals surface area (Å²) >= 11 is 0. The predicted molar refractivity (Wildman–Crippen MR) is 143 cm³/mol. The molecule has 0 aromatic heterocycles. The Bertz CT molecular complexity index is 1140. The van der Waals surface area contributed by atoms with E-state index in [4.69, 9.17) is 10.8 Å². The van der Waals surface area contributed by atoms with E-state index >= 15 is 0 Å². The van der Waals surface area contributed by atoms with Gasteiger partial charge in [-0.2, -0.15) is 0 Å². The lowest BCUT2D eigenvalue weighted by molar-refractivity contribution is 0.0696. The van der Waals surface area contributed by atoms with Crippen molar-refractivity contribution in [3.63, 3.8) is 0 Å². The van der Waals surface area contributed by atoms with Crippen molar-refractivity contribution >= 4 is 11.7 Å². The summed E-state index contributed by atoms with van der Waals surface area (Å²) in [5.74, 6) is -0.863. The van der Waals surface area contributed by atoms with Gasteiger partial charge in [0.05, 0.1) is 5.56 Å². The van der Waals surface area contributed by atoms with Gasteiger partial charge in [-0.25, -0.2) is 4.79 Å².